The summed E-state index contributed by atoms with van der Waals surface area (Å²) < 4.78 is 10.8. The van der Waals surface area contributed by atoms with E-state index in [1.165, 1.54) is 0 Å². The first-order valence-electron chi connectivity index (χ1n) is 14.7. The number of anilines is 1. The molecule has 2 fully saturated rings. The van der Waals surface area contributed by atoms with Gasteiger partial charge in [-0.15, -0.1) is 0 Å². The first-order chi connectivity index (χ1) is 19.7. The largest absolute Gasteiger partial charge is 0.444 e. The van der Waals surface area contributed by atoms with Crippen molar-refractivity contribution in [2.45, 2.75) is 52.1 Å². The van der Waals surface area contributed by atoms with E-state index in [4.69, 9.17) is 14.5 Å². The number of carbonyl (C=O) groups is 2. The quantitative estimate of drug-likeness (QED) is 0.410. The lowest BCUT2D eigenvalue weighted by Crippen LogP contribution is -2.37. The van der Waals surface area contributed by atoms with Crippen LogP contribution in [0.3, 0.4) is 0 Å². The summed E-state index contributed by atoms with van der Waals surface area (Å²) in [5.74, 6) is 1.69. The Kier molecular flexibility index (Phi) is 9.03. The molecule has 0 unspecified atom stereocenters. The van der Waals surface area contributed by atoms with Crippen LogP contribution in [0.5, 0.6) is 0 Å². The normalized spacial score (nSPS) is 19.5. The molecule has 0 radical (unpaired) electrons. The first-order valence-corrected chi connectivity index (χ1v) is 14.7. The Labute approximate surface area is 242 Å². The molecule has 2 aliphatic rings. The summed E-state index contributed by atoms with van der Waals surface area (Å²) in [4.78, 5) is 37.2. The highest BCUT2D eigenvalue weighted by Crippen LogP contribution is 2.29. The summed E-state index contributed by atoms with van der Waals surface area (Å²) in [7, 11) is 0. The van der Waals surface area contributed by atoms with E-state index in [9.17, 15) is 9.59 Å². The van der Waals surface area contributed by atoms with Crippen LogP contribution in [0.4, 0.5) is 10.6 Å². The lowest BCUT2D eigenvalue weighted by atomic mass is 9.82. The van der Waals surface area contributed by atoms with Gasteiger partial charge in [-0.25, -0.2) is 14.8 Å². The molecule has 1 aliphatic carbocycles. The zero-order valence-corrected chi connectivity index (χ0v) is 24.3. The van der Waals surface area contributed by atoms with Crippen LogP contribution >= 0.6 is 0 Å². The van der Waals surface area contributed by atoms with Crippen LogP contribution in [-0.4, -0.2) is 67.0 Å². The highest BCUT2D eigenvalue weighted by molar-refractivity contribution is 6.07. The highest BCUT2D eigenvalue weighted by Gasteiger charge is 2.24. The van der Waals surface area contributed by atoms with E-state index >= 15 is 0 Å². The van der Waals surface area contributed by atoms with Crippen molar-refractivity contribution in [1.29, 1.82) is 0 Å². The molecule has 9 nitrogen and oxygen atoms in total. The number of para-hydroxylation sites is 1. The third-order valence-corrected chi connectivity index (χ3v) is 7.79. The van der Waals surface area contributed by atoms with Crippen LogP contribution in [0.1, 0.15) is 56.8 Å². The van der Waals surface area contributed by atoms with Crippen molar-refractivity contribution in [2.24, 2.45) is 11.8 Å². The minimum absolute atomic E-state index is 0.0866. The number of nitrogens with zero attached hydrogens (tertiary/aromatic N) is 3. The van der Waals surface area contributed by atoms with Crippen molar-refractivity contribution in [3.63, 3.8) is 0 Å². The summed E-state index contributed by atoms with van der Waals surface area (Å²) in [6, 6.07) is 13.7. The van der Waals surface area contributed by atoms with Crippen molar-refractivity contribution >= 4 is 28.7 Å². The molecule has 0 atom stereocenters. The van der Waals surface area contributed by atoms with Crippen molar-refractivity contribution in [2.75, 3.05) is 44.3 Å². The third-order valence-electron chi connectivity index (χ3n) is 7.79. The van der Waals surface area contributed by atoms with E-state index in [0.29, 0.717) is 43.7 Å². The van der Waals surface area contributed by atoms with Crippen molar-refractivity contribution in [3.05, 3.63) is 54.2 Å². The van der Waals surface area contributed by atoms with Gasteiger partial charge in [0.25, 0.3) is 5.91 Å². The Bertz CT molecular complexity index is 1340. The minimum Gasteiger partial charge on any atom is -0.444 e. The number of aromatic nitrogens is 2. The average molecular weight is 560 g/mol. The smallest absolute Gasteiger partial charge is 0.407 e. The fourth-order valence-electron chi connectivity index (χ4n) is 5.54. The number of ether oxygens (including phenoxy) is 2. The number of hydrogen-bond donors (Lipinski definition) is 2. The van der Waals surface area contributed by atoms with Gasteiger partial charge in [-0.2, -0.15) is 0 Å². The number of nitrogens with one attached hydrogen (secondary N) is 2. The minimum atomic E-state index is -0.495. The zero-order valence-electron chi connectivity index (χ0n) is 24.3. The predicted octanol–water partition coefficient (Wildman–Crippen LogP) is 5.19. The van der Waals surface area contributed by atoms with Gasteiger partial charge in [0.2, 0.25) is 0 Å². The number of fused-ring (bicyclic) bond motifs is 1. The van der Waals surface area contributed by atoms with E-state index in [0.717, 1.165) is 66.8 Å². The number of carbonyl (C=O) groups excluding carboxylic acids is 2. The Morgan fingerprint density at radius 2 is 1.66 bits per heavy atom. The fraction of sp³-hybridized carbons (Fsp3) is 0.500. The molecule has 2 aromatic heterocycles. The second-order valence-electron chi connectivity index (χ2n) is 12.1. The van der Waals surface area contributed by atoms with Crippen molar-refractivity contribution in [1.82, 2.24) is 20.6 Å². The van der Waals surface area contributed by atoms with Crippen molar-refractivity contribution < 1.29 is 19.1 Å². The number of rotatable bonds is 7. The van der Waals surface area contributed by atoms with Crippen LogP contribution in [0.25, 0.3) is 22.2 Å². The summed E-state index contributed by atoms with van der Waals surface area (Å²) in [5.41, 5.74) is 2.52. The molecule has 1 saturated carbocycles. The second-order valence-corrected chi connectivity index (χ2v) is 12.1. The number of amides is 2. The van der Waals surface area contributed by atoms with Gasteiger partial charge in [0.1, 0.15) is 11.4 Å². The van der Waals surface area contributed by atoms with Gasteiger partial charge in [0.05, 0.1) is 30.0 Å². The lowest BCUT2D eigenvalue weighted by molar-refractivity contribution is 0.0512. The molecule has 5 rings (SSSR count). The maximum Gasteiger partial charge on any atom is 0.407 e. The van der Waals surface area contributed by atoms with Gasteiger partial charge >= 0.3 is 6.09 Å². The first kappa shape index (κ1) is 28.8. The van der Waals surface area contributed by atoms with E-state index < -0.39 is 5.60 Å². The number of pyridine rings is 2. The van der Waals surface area contributed by atoms with E-state index in [2.05, 4.69) is 20.5 Å². The molecule has 218 valence electrons. The molecule has 0 spiro atoms. The van der Waals surface area contributed by atoms with Gasteiger partial charge in [-0.1, -0.05) is 18.2 Å². The molecule has 3 aromatic rings. The van der Waals surface area contributed by atoms with Gasteiger partial charge < -0.3 is 25.0 Å². The monoisotopic (exact) mass is 559 g/mol. The fourth-order valence-corrected chi connectivity index (χ4v) is 5.54. The van der Waals surface area contributed by atoms with Gasteiger partial charge in [-0.3, -0.25) is 4.79 Å². The Morgan fingerprint density at radius 3 is 2.32 bits per heavy atom. The number of benzene rings is 1. The molecule has 2 N–H and O–H groups in total. The molecule has 0 bridgehead atoms. The molecular weight excluding hydrogens is 518 g/mol. The van der Waals surface area contributed by atoms with E-state index in [1.807, 2.05) is 69.4 Å². The summed E-state index contributed by atoms with van der Waals surface area (Å²) in [6.07, 6.45) is 5.55. The number of alkyl carbamates (subject to hydrolysis) is 1. The van der Waals surface area contributed by atoms with Crippen LogP contribution in [0.2, 0.25) is 0 Å². The van der Waals surface area contributed by atoms with Gasteiger partial charge in [0, 0.05) is 43.3 Å². The maximum atomic E-state index is 13.5. The van der Waals surface area contributed by atoms with Crippen LogP contribution in [0, 0.1) is 11.8 Å². The Hall–Kier alpha value is -3.72. The standard InChI is InChI=1S/C32H41N5O4/c1-32(2,3)41-31(39)35-20-23-10-8-22(9-11-23)19-34-30(38)26-18-28(36-27-7-5-4-6-25(26)27)24-12-13-29(33-21-24)37-14-16-40-17-15-37/h4-7,12-13,18,21-23H,8-11,14-17,19-20H2,1-3H3,(H,34,38)(H,35,39). The third kappa shape index (κ3) is 7.73. The maximum absolute atomic E-state index is 13.5. The van der Waals surface area contributed by atoms with E-state index in [-0.39, 0.29) is 12.0 Å². The Morgan fingerprint density at radius 1 is 0.976 bits per heavy atom. The molecule has 1 aliphatic heterocycles. The topological polar surface area (TPSA) is 106 Å². The molecule has 2 amide bonds. The average Bonchev–Trinajstić information content (AvgIpc) is 2.98. The Balaban J connectivity index is 1.19. The molecule has 9 heteroatoms. The SMILES string of the molecule is CC(C)(C)OC(=O)NCC1CCC(CNC(=O)c2cc(-c3ccc(N4CCOCC4)nc3)nc3ccccc23)CC1. The zero-order chi connectivity index (χ0) is 28.8. The van der Waals surface area contributed by atoms with Crippen LogP contribution < -0.4 is 15.5 Å². The summed E-state index contributed by atoms with van der Waals surface area (Å²) >= 11 is 0. The molecule has 41 heavy (non-hydrogen) atoms. The van der Waals surface area contributed by atoms with Gasteiger partial charge in [-0.05, 0) is 82.6 Å². The van der Waals surface area contributed by atoms with Crippen LogP contribution in [0.15, 0.2) is 48.7 Å². The predicted molar refractivity (Wildman–Crippen MR) is 160 cm³/mol. The number of morpholine rings is 1. The van der Waals surface area contributed by atoms with Crippen molar-refractivity contribution in [3.8, 4) is 11.3 Å². The summed E-state index contributed by atoms with van der Waals surface area (Å²) in [6.45, 7) is 9.93. The van der Waals surface area contributed by atoms with Crippen LogP contribution in [-0.2, 0) is 9.47 Å². The summed E-state index contributed by atoms with van der Waals surface area (Å²) in [5, 5.41) is 6.93. The second kappa shape index (κ2) is 12.9. The number of hydrogen-bond acceptors (Lipinski definition) is 7. The molecule has 3 heterocycles. The lowest BCUT2D eigenvalue weighted by Gasteiger charge is -2.29. The van der Waals surface area contributed by atoms with Gasteiger partial charge in [0.15, 0.2) is 0 Å². The van der Waals surface area contributed by atoms with E-state index in [1.54, 1.807) is 0 Å². The molecule has 1 saturated heterocycles. The highest BCUT2D eigenvalue weighted by atomic mass is 16.6. The molecular formula is C32H41N5O4. The molecule has 1 aromatic carbocycles.